The fourth-order valence-electron chi connectivity index (χ4n) is 5.65. The number of aliphatic hydroxyl groups is 9. The minimum atomic E-state index is -1.65. The molecule has 0 spiro atoms. The normalized spacial score (nSPS) is 53.8. The fraction of sp³-hybridized carbons (Fsp3) is 1.00. The molecule has 0 amide bonds. The Labute approximate surface area is 240 Å². The Balaban J connectivity index is 1.50. The van der Waals surface area contributed by atoms with Gasteiger partial charge in [-0.2, -0.15) is 0 Å². The van der Waals surface area contributed by atoms with Gasteiger partial charge < -0.3 is 97.3 Å². The first-order chi connectivity index (χ1) is 19.8. The highest BCUT2D eigenvalue weighted by Gasteiger charge is 2.54. The zero-order valence-corrected chi connectivity index (χ0v) is 22.6. The summed E-state index contributed by atoms with van der Waals surface area (Å²) in [4.78, 5) is 0. The van der Waals surface area contributed by atoms with E-state index < -0.39 is 136 Å². The topological polar surface area (TPSA) is 342 Å². The third kappa shape index (κ3) is 6.60. The van der Waals surface area contributed by atoms with Gasteiger partial charge in [0, 0.05) is 12.1 Å². The van der Waals surface area contributed by atoms with Gasteiger partial charge >= 0.3 is 0 Å². The van der Waals surface area contributed by atoms with Crippen LogP contribution in [0.1, 0.15) is 6.42 Å². The predicted octanol–water partition coefficient (Wildman–Crippen LogP) is -8.83. The average Bonchev–Trinajstić information content (AvgIpc) is 3.27. The van der Waals surface area contributed by atoms with Crippen LogP contribution >= 0.6 is 0 Å². The zero-order valence-electron chi connectivity index (χ0n) is 22.6. The average molecular weight is 617 g/mol. The van der Waals surface area contributed by atoms with Crippen LogP contribution in [0.15, 0.2) is 0 Å². The van der Waals surface area contributed by atoms with E-state index in [-0.39, 0.29) is 6.42 Å². The minimum absolute atomic E-state index is 0.0540. The highest BCUT2D eigenvalue weighted by Crippen LogP contribution is 2.34. The van der Waals surface area contributed by atoms with Crippen molar-refractivity contribution in [1.29, 1.82) is 0 Å². The van der Waals surface area contributed by atoms with Crippen molar-refractivity contribution in [2.24, 2.45) is 22.9 Å². The highest BCUT2D eigenvalue weighted by atomic mass is 16.8. The minimum Gasteiger partial charge on any atom is -0.394 e. The van der Waals surface area contributed by atoms with Crippen LogP contribution in [0.5, 0.6) is 0 Å². The third-order valence-corrected chi connectivity index (χ3v) is 8.27. The molecule has 19 nitrogen and oxygen atoms in total. The maximum atomic E-state index is 11.1. The lowest BCUT2D eigenvalue weighted by Crippen LogP contribution is -2.68. The van der Waals surface area contributed by atoms with E-state index in [9.17, 15) is 46.0 Å². The molecule has 0 aromatic carbocycles. The second-order valence-electron chi connectivity index (χ2n) is 11.1. The smallest absolute Gasteiger partial charge is 0.187 e. The summed E-state index contributed by atoms with van der Waals surface area (Å²) in [7, 11) is 0. The predicted molar refractivity (Wildman–Crippen MR) is 134 cm³/mol. The van der Waals surface area contributed by atoms with Gasteiger partial charge in [0.25, 0.3) is 0 Å². The van der Waals surface area contributed by atoms with Gasteiger partial charge in [-0.05, 0) is 6.42 Å². The Morgan fingerprint density at radius 1 is 0.476 bits per heavy atom. The monoisotopic (exact) mass is 616 g/mol. The molecule has 4 rings (SSSR count). The maximum absolute atomic E-state index is 11.1. The number of nitrogens with two attached hydrogens (primary N) is 4. The van der Waals surface area contributed by atoms with Crippen molar-refractivity contribution in [2.45, 2.75) is 123 Å². The molecule has 19 atom stereocenters. The van der Waals surface area contributed by atoms with Gasteiger partial charge in [-0.25, -0.2) is 0 Å². The van der Waals surface area contributed by atoms with Crippen molar-refractivity contribution in [3.63, 3.8) is 0 Å². The lowest BCUT2D eigenvalue weighted by atomic mass is 9.84. The van der Waals surface area contributed by atoms with Crippen molar-refractivity contribution in [3.8, 4) is 0 Å². The molecule has 19 unspecified atom stereocenters. The Bertz CT molecular complexity index is 865. The Morgan fingerprint density at radius 2 is 0.905 bits per heavy atom. The summed E-state index contributed by atoms with van der Waals surface area (Å²) in [5.74, 6) is 0. The first-order valence-corrected chi connectivity index (χ1v) is 13.7. The molecule has 4 fully saturated rings. The van der Waals surface area contributed by atoms with Crippen LogP contribution in [0.4, 0.5) is 0 Å². The van der Waals surface area contributed by atoms with Crippen LogP contribution < -0.4 is 22.9 Å². The summed E-state index contributed by atoms with van der Waals surface area (Å²) in [6.07, 6.45) is -21.2. The molecule has 1 aliphatic carbocycles. The molecule has 4 aliphatic rings. The number of rotatable bonds is 9. The quantitative estimate of drug-likeness (QED) is 0.114. The van der Waals surface area contributed by atoms with E-state index in [2.05, 4.69) is 0 Å². The molecule has 0 radical (unpaired) electrons. The molecule has 246 valence electrons. The second kappa shape index (κ2) is 14.1. The maximum Gasteiger partial charge on any atom is 0.187 e. The van der Waals surface area contributed by atoms with Crippen LogP contribution in [0.3, 0.4) is 0 Å². The summed E-state index contributed by atoms with van der Waals surface area (Å²) >= 11 is 0. The van der Waals surface area contributed by atoms with Crippen LogP contribution in [0, 0.1) is 0 Å². The summed E-state index contributed by atoms with van der Waals surface area (Å²) in [6, 6.07) is -4.39. The SMILES string of the molecule is NC1CC(N)C(OC2OC(CO)C(O)C(O)C2N)C(OC2OC(CO)C(OC3OC(CO)C(O)C(O)C3N)C2O)C1O. The van der Waals surface area contributed by atoms with E-state index in [1.807, 2.05) is 0 Å². The van der Waals surface area contributed by atoms with Gasteiger partial charge in [0.15, 0.2) is 18.9 Å². The molecule has 0 bridgehead atoms. The molecule has 0 aromatic rings. The molecule has 19 heteroatoms. The van der Waals surface area contributed by atoms with Crippen molar-refractivity contribution >= 4 is 0 Å². The van der Waals surface area contributed by atoms with E-state index in [0.29, 0.717) is 0 Å². The Kier molecular flexibility index (Phi) is 11.5. The molecule has 0 aromatic heterocycles. The molecule has 3 heterocycles. The molecular formula is C23H44N4O15. The van der Waals surface area contributed by atoms with Crippen molar-refractivity contribution in [2.75, 3.05) is 19.8 Å². The summed E-state index contributed by atoms with van der Waals surface area (Å²) in [5, 5.41) is 91.6. The lowest BCUT2D eigenvalue weighted by molar-refractivity contribution is -0.310. The molecule has 1 saturated carbocycles. The van der Waals surface area contributed by atoms with E-state index in [0.717, 1.165) is 0 Å². The largest absolute Gasteiger partial charge is 0.394 e. The zero-order chi connectivity index (χ0) is 31.0. The number of ether oxygens (including phenoxy) is 6. The third-order valence-electron chi connectivity index (χ3n) is 8.27. The van der Waals surface area contributed by atoms with Crippen LogP contribution in [0.2, 0.25) is 0 Å². The molecule has 42 heavy (non-hydrogen) atoms. The van der Waals surface area contributed by atoms with Crippen molar-refractivity contribution in [3.05, 3.63) is 0 Å². The molecule has 3 aliphatic heterocycles. The van der Waals surface area contributed by atoms with Crippen molar-refractivity contribution in [1.82, 2.24) is 0 Å². The van der Waals surface area contributed by atoms with Crippen molar-refractivity contribution < 1.29 is 74.4 Å². The summed E-state index contributed by atoms with van der Waals surface area (Å²) in [6.45, 7) is -2.02. The van der Waals surface area contributed by atoms with E-state index in [1.54, 1.807) is 0 Å². The lowest BCUT2D eigenvalue weighted by Gasteiger charge is -2.47. The fourth-order valence-corrected chi connectivity index (χ4v) is 5.65. The standard InChI is InChI=1S/C23H44N4O15/c24-5-1-6(25)18(40-21-10(26)15(34)13(32)7(2-28)37-21)20(12(5)31)42-23-17(36)19(9(4-30)39-23)41-22-11(27)16(35)14(33)8(3-29)38-22/h5-23,28-36H,1-4,24-27H2. The molecular weight excluding hydrogens is 572 g/mol. The van der Waals surface area contributed by atoms with E-state index in [4.69, 9.17) is 51.4 Å². The number of hydrogen-bond donors (Lipinski definition) is 13. The van der Waals surface area contributed by atoms with E-state index in [1.165, 1.54) is 0 Å². The molecule has 17 N–H and O–H groups in total. The summed E-state index contributed by atoms with van der Waals surface area (Å²) < 4.78 is 34.2. The van der Waals surface area contributed by atoms with Gasteiger partial charge in [-0.15, -0.1) is 0 Å². The van der Waals surface area contributed by atoms with Crippen LogP contribution in [-0.4, -0.2) is 182 Å². The second-order valence-corrected chi connectivity index (χ2v) is 11.1. The van der Waals surface area contributed by atoms with Gasteiger partial charge in [0.1, 0.15) is 67.1 Å². The number of hydrogen-bond acceptors (Lipinski definition) is 19. The first-order valence-electron chi connectivity index (χ1n) is 13.7. The van der Waals surface area contributed by atoms with Gasteiger partial charge in [0.2, 0.25) is 0 Å². The Hall–Kier alpha value is -0.760. The van der Waals surface area contributed by atoms with Crippen LogP contribution in [0.25, 0.3) is 0 Å². The van der Waals surface area contributed by atoms with Crippen LogP contribution in [-0.2, 0) is 28.4 Å². The summed E-state index contributed by atoms with van der Waals surface area (Å²) in [5.41, 5.74) is 24.2. The Morgan fingerprint density at radius 3 is 1.38 bits per heavy atom. The highest BCUT2D eigenvalue weighted by molar-refractivity contribution is 5.02. The van der Waals surface area contributed by atoms with Gasteiger partial charge in [0.05, 0.1) is 38.0 Å². The number of aliphatic hydroxyl groups excluding tert-OH is 9. The van der Waals surface area contributed by atoms with E-state index >= 15 is 0 Å². The first kappa shape index (κ1) is 34.1. The molecule has 3 saturated heterocycles. The van der Waals surface area contributed by atoms with Gasteiger partial charge in [-0.3, -0.25) is 0 Å². The van der Waals surface area contributed by atoms with Gasteiger partial charge in [-0.1, -0.05) is 0 Å².